The number of carbonyl (C=O) groups excluding carboxylic acids is 2. The molecule has 37 heavy (non-hydrogen) atoms. The summed E-state index contributed by atoms with van der Waals surface area (Å²) in [6.45, 7) is 8.80. The van der Waals surface area contributed by atoms with E-state index in [0.717, 1.165) is 35.5 Å². The van der Waals surface area contributed by atoms with Crippen molar-refractivity contribution in [1.82, 2.24) is 34.4 Å². The van der Waals surface area contributed by atoms with Crippen molar-refractivity contribution in [3.05, 3.63) is 35.3 Å². The molecule has 0 saturated carbocycles. The van der Waals surface area contributed by atoms with Gasteiger partial charge in [-0.25, -0.2) is 14.5 Å². The van der Waals surface area contributed by atoms with Gasteiger partial charge in [0.2, 0.25) is 11.8 Å². The highest BCUT2D eigenvalue weighted by Crippen LogP contribution is 2.22. The van der Waals surface area contributed by atoms with Crippen molar-refractivity contribution in [3.63, 3.8) is 0 Å². The predicted octanol–water partition coefficient (Wildman–Crippen LogP) is 1.31. The number of likely N-dealkylation sites (N-methyl/N-ethyl adjacent to an activating group) is 1. The molecule has 0 atom stereocenters. The van der Waals surface area contributed by atoms with Gasteiger partial charge in [0.15, 0.2) is 11.5 Å². The summed E-state index contributed by atoms with van der Waals surface area (Å²) >= 11 is 0. The first-order valence-corrected chi connectivity index (χ1v) is 12.6. The van der Waals surface area contributed by atoms with Crippen molar-refractivity contribution in [2.75, 3.05) is 57.0 Å². The van der Waals surface area contributed by atoms with Crippen molar-refractivity contribution in [2.45, 2.75) is 40.0 Å². The highest BCUT2D eigenvalue weighted by molar-refractivity contribution is 5.83. The number of imidazole rings is 1. The van der Waals surface area contributed by atoms with Gasteiger partial charge in [-0.15, -0.1) is 5.10 Å². The second-order valence-electron chi connectivity index (χ2n) is 9.37. The second kappa shape index (κ2) is 11.4. The first kappa shape index (κ1) is 26.1. The molecule has 1 saturated heterocycles. The zero-order chi connectivity index (χ0) is 26.5. The molecule has 12 heteroatoms. The van der Waals surface area contributed by atoms with Crippen LogP contribution in [0, 0.1) is 6.92 Å². The monoisotopic (exact) mass is 509 g/mol. The molecule has 0 aliphatic carbocycles. The Kier molecular flexibility index (Phi) is 8.04. The van der Waals surface area contributed by atoms with Crippen LogP contribution in [-0.4, -0.2) is 92.6 Å². The van der Waals surface area contributed by atoms with Gasteiger partial charge in [-0.1, -0.05) is 19.4 Å². The first-order valence-electron chi connectivity index (χ1n) is 12.6. The van der Waals surface area contributed by atoms with Crippen LogP contribution in [0.3, 0.4) is 0 Å². The summed E-state index contributed by atoms with van der Waals surface area (Å²) in [5.41, 5.74) is 9.53. The fraction of sp³-hybridized carbons (Fsp3) is 0.520. The average molecular weight is 510 g/mol. The molecular weight excluding hydrogens is 474 g/mol. The molecule has 1 aliphatic rings. The zero-order valence-corrected chi connectivity index (χ0v) is 22.0. The maximum Gasteiger partial charge on any atom is 0.336 e. The Balaban J connectivity index is 1.41. The van der Waals surface area contributed by atoms with Crippen LogP contribution in [-0.2, 0) is 16.0 Å². The summed E-state index contributed by atoms with van der Waals surface area (Å²) < 4.78 is 7.34. The van der Waals surface area contributed by atoms with E-state index in [1.165, 1.54) is 11.8 Å². The normalized spacial score (nSPS) is 13.7. The lowest BCUT2D eigenvalue weighted by Gasteiger charge is -2.36. The number of nitrogens with two attached hydrogens (primary N) is 1. The Morgan fingerprint density at radius 3 is 2.59 bits per heavy atom. The van der Waals surface area contributed by atoms with E-state index in [1.807, 2.05) is 13.1 Å². The minimum absolute atomic E-state index is 0.0335. The van der Waals surface area contributed by atoms with Crippen molar-refractivity contribution >= 4 is 29.1 Å². The van der Waals surface area contributed by atoms with Gasteiger partial charge >= 0.3 is 6.01 Å². The number of pyridine rings is 1. The van der Waals surface area contributed by atoms with Gasteiger partial charge < -0.3 is 25.2 Å². The number of unbranched alkanes of at least 4 members (excludes halogenated alkanes) is 1. The average Bonchev–Trinajstić information content (AvgIpc) is 3.27. The van der Waals surface area contributed by atoms with Gasteiger partial charge in [0.1, 0.15) is 5.82 Å². The third-order valence-electron chi connectivity index (χ3n) is 6.50. The maximum atomic E-state index is 12.5. The van der Waals surface area contributed by atoms with E-state index in [0.29, 0.717) is 44.9 Å². The van der Waals surface area contributed by atoms with E-state index in [2.05, 4.69) is 33.0 Å². The molecule has 0 bridgehead atoms. The fourth-order valence-corrected chi connectivity index (χ4v) is 4.26. The molecule has 4 heterocycles. The molecule has 0 aromatic carbocycles. The number of hydrogen-bond acceptors (Lipinski definition) is 9. The number of aromatic nitrogens is 5. The summed E-state index contributed by atoms with van der Waals surface area (Å²) in [6.07, 6.45) is 6.12. The van der Waals surface area contributed by atoms with Gasteiger partial charge in [-0.2, -0.15) is 4.98 Å². The standard InChI is InChI=1S/C25H35N9O3/c1-5-6-11-37-25-29-22(26)24-28-15-20(34(24)30-25)13-19-12-17(2)23(27-14-19)33-9-7-32(8-10-33)21(36)16-31(4)18(3)35/h12,14-15H,5-11,13,16H2,1-4H3,(H2,26,29,30). The molecule has 0 unspecified atom stereocenters. The Morgan fingerprint density at radius 1 is 1.16 bits per heavy atom. The number of rotatable bonds is 9. The van der Waals surface area contributed by atoms with Crippen LogP contribution in [0.2, 0.25) is 0 Å². The van der Waals surface area contributed by atoms with Crippen LogP contribution in [0.15, 0.2) is 18.5 Å². The van der Waals surface area contributed by atoms with E-state index in [9.17, 15) is 9.59 Å². The van der Waals surface area contributed by atoms with E-state index >= 15 is 0 Å². The molecule has 2 amide bonds. The minimum Gasteiger partial charge on any atom is -0.462 e. The molecular formula is C25H35N9O3. The van der Waals surface area contributed by atoms with Crippen molar-refractivity contribution < 1.29 is 14.3 Å². The smallest absolute Gasteiger partial charge is 0.336 e. The quantitative estimate of drug-likeness (QED) is 0.424. The third kappa shape index (κ3) is 6.07. The number of piperazine rings is 1. The molecule has 1 aliphatic heterocycles. The number of fused-ring (bicyclic) bond motifs is 1. The molecule has 4 rings (SSSR count). The van der Waals surface area contributed by atoms with Gasteiger partial charge in [-0.3, -0.25) is 9.59 Å². The highest BCUT2D eigenvalue weighted by atomic mass is 16.5. The molecule has 0 radical (unpaired) electrons. The number of amides is 2. The van der Waals surface area contributed by atoms with Crippen LogP contribution in [0.5, 0.6) is 6.01 Å². The van der Waals surface area contributed by atoms with Gasteiger partial charge in [0, 0.05) is 52.8 Å². The summed E-state index contributed by atoms with van der Waals surface area (Å²) in [5.74, 6) is 1.04. The number of carbonyl (C=O) groups is 2. The number of anilines is 2. The SMILES string of the molecule is CCCCOc1nc(N)c2ncc(Cc3cnc(N4CCN(C(=O)CN(C)C(C)=O)CC4)c(C)c3)n2n1. The highest BCUT2D eigenvalue weighted by Gasteiger charge is 2.24. The molecule has 12 nitrogen and oxygen atoms in total. The fourth-order valence-electron chi connectivity index (χ4n) is 4.26. The predicted molar refractivity (Wildman–Crippen MR) is 139 cm³/mol. The van der Waals surface area contributed by atoms with Crippen LogP contribution >= 0.6 is 0 Å². The lowest BCUT2D eigenvalue weighted by atomic mass is 10.1. The van der Waals surface area contributed by atoms with E-state index < -0.39 is 0 Å². The number of ether oxygens (including phenoxy) is 1. The topological polar surface area (TPSA) is 135 Å². The Hall–Kier alpha value is -3.96. The largest absolute Gasteiger partial charge is 0.462 e. The van der Waals surface area contributed by atoms with Gasteiger partial charge in [-0.05, 0) is 24.5 Å². The summed E-state index contributed by atoms with van der Waals surface area (Å²) in [4.78, 5) is 42.7. The lowest BCUT2D eigenvalue weighted by Crippen LogP contribution is -2.51. The first-order chi connectivity index (χ1) is 17.8. The van der Waals surface area contributed by atoms with Crippen LogP contribution in [0.25, 0.3) is 5.65 Å². The second-order valence-corrected chi connectivity index (χ2v) is 9.37. The van der Waals surface area contributed by atoms with Crippen LogP contribution < -0.4 is 15.4 Å². The summed E-state index contributed by atoms with van der Waals surface area (Å²) in [6, 6.07) is 2.36. The zero-order valence-electron chi connectivity index (χ0n) is 22.0. The molecule has 3 aromatic rings. The summed E-state index contributed by atoms with van der Waals surface area (Å²) in [5, 5.41) is 4.48. The maximum absolute atomic E-state index is 12.5. The Labute approximate surface area is 216 Å². The molecule has 1 fully saturated rings. The van der Waals surface area contributed by atoms with E-state index in [-0.39, 0.29) is 30.2 Å². The van der Waals surface area contributed by atoms with Crippen LogP contribution in [0.1, 0.15) is 43.5 Å². The molecule has 2 N–H and O–H groups in total. The number of nitrogens with zero attached hydrogens (tertiary/aromatic N) is 8. The summed E-state index contributed by atoms with van der Waals surface area (Å²) in [7, 11) is 1.64. The lowest BCUT2D eigenvalue weighted by molar-refractivity contribution is -0.138. The molecule has 198 valence electrons. The van der Waals surface area contributed by atoms with E-state index in [1.54, 1.807) is 22.7 Å². The van der Waals surface area contributed by atoms with Crippen molar-refractivity contribution in [3.8, 4) is 6.01 Å². The number of aryl methyl sites for hydroxylation is 1. The Morgan fingerprint density at radius 2 is 1.92 bits per heavy atom. The Bertz CT molecular complexity index is 1270. The number of nitrogen functional groups attached to an aromatic ring is 1. The van der Waals surface area contributed by atoms with E-state index in [4.69, 9.17) is 15.5 Å². The third-order valence-corrected chi connectivity index (χ3v) is 6.50. The van der Waals surface area contributed by atoms with Crippen molar-refractivity contribution in [2.24, 2.45) is 0 Å². The minimum atomic E-state index is -0.118. The molecule has 3 aromatic heterocycles. The molecule has 0 spiro atoms. The number of hydrogen-bond donors (Lipinski definition) is 1. The van der Waals surface area contributed by atoms with Crippen molar-refractivity contribution in [1.29, 1.82) is 0 Å². The van der Waals surface area contributed by atoms with Crippen LogP contribution in [0.4, 0.5) is 11.6 Å². The van der Waals surface area contributed by atoms with Gasteiger partial charge in [0.25, 0.3) is 0 Å². The van der Waals surface area contributed by atoms with Gasteiger partial charge in [0.05, 0.1) is 25.0 Å².